The van der Waals surface area contributed by atoms with Crippen LogP contribution >= 0.6 is 22.7 Å². The van der Waals surface area contributed by atoms with Crippen LogP contribution in [0.25, 0.3) is 96.5 Å². The SMILES string of the molecule is [B]c1c([B])c([B])c(-c2nc(-c3c([B])c([B])c([B])c([B])c3[B])c3sc4ccc(-c5c([B])c([B])c([B])c(-c6c([B])c([B])c([B])c(-c7c([B])c([B])c([B])c8c7sc7c([B])c([B])c([B])c([B])c78)c6[B])c5[B])cc4c3n2)c([B])c1[B]. The summed E-state index contributed by atoms with van der Waals surface area (Å²) in [5, 5.41) is 1.25. The fourth-order valence-electron chi connectivity index (χ4n) is 9.70. The van der Waals surface area contributed by atoms with Gasteiger partial charge in [-0.15, -0.1) is 82.8 Å². The van der Waals surface area contributed by atoms with E-state index in [0.29, 0.717) is 46.0 Å². The number of fused-ring (bicyclic) bond motifs is 6. The molecule has 0 saturated heterocycles. The largest absolute Gasteiger partial charge is 0.227 e. The van der Waals surface area contributed by atoms with Crippen LogP contribution in [0.15, 0.2) is 18.2 Å². The van der Waals surface area contributed by atoms with Crippen molar-refractivity contribution >= 4 is 396 Å². The second kappa shape index (κ2) is 19.0. The minimum Gasteiger partial charge on any atom is -0.227 e. The summed E-state index contributed by atoms with van der Waals surface area (Å²) in [5.74, 6) is -0.0545. The number of rotatable bonds is 5. The molecule has 50 radical (unpaired) electrons. The van der Waals surface area contributed by atoms with Crippen LogP contribution in [0.5, 0.6) is 0 Å². The molecule has 2 nitrogen and oxygen atoms in total. The summed E-state index contributed by atoms with van der Waals surface area (Å²) in [5.41, 5.74) is 0.985. The number of nitrogens with zero attached hydrogens (tertiary/aromatic N) is 2. The molecule has 3 aromatic heterocycles. The van der Waals surface area contributed by atoms with Crippen molar-refractivity contribution < 1.29 is 0 Å². The van der Waals surface area contributed by atoms with Gasteiger partial charge in [0.2, 0.25) is 0 Å². The van der Waals surface area contributed by atoms with E-state index in [4.69, 9.17) is 206 Å². The van der Waals surface area contributed by atoms with Gasteiger partial charge in [-0.05, 0) is 61.8 Å². The van der Waals surface area contributed by atoms with E-state index in [-0.39, 0.29) is 187 Å². The zero-order valence-electron chi connectivity index (χ0n) is 39.4. The van der Waals surface area contributed by atoms with E-state index < -0.39 is 0 Å². The summed E-state index contributed by atoms with van der Waals surface area (Å²) in [7, 11) is 166. The van der Waals surface area contributed by atoms with Crippen molar-refractivity contribution in [1.82, 2.24) is 9.97 Å². The molecule has 0 fully saturated rings. The summed E-state index contributed by atoms with van der Waals surface area (Å²) >= 11 is 2.41. The summed E-state index contributed by atoms with van der Waals surface area (Å²) in [6.07, 6.45) is 0. The van der Waals surface area contributed by atoms with E-state index >= 15 is 0 Å². The molecule has 284 valence electrons. The molecule has 10 aromatic rings. The van der Waals surface area contributed by atoms with Crippen LogP contribution in [0.4, 0.5) is 0 Å². The molecule has 0 aliphatic heterocycles. The van der Waals surface area contributed by atoms with Crippen molar-refractivity contribution in [1.29, 1.82) is 0 Å². The highest BCUT2D eigenvalue weighted by atomic mass is 32.1. The predicted octanol–water partition coefficient (Wildman–Crippen LogP) is -16.6. The molecule has 0 amide bonds. The lowest BCUT2D eigenvalue weighted by molar-refractivity contribution is 1.25. The Labute approximate surface area is 476 Å². The molecule has 0 N–H and O–H groups in total. The Kier molecular flexibility index (Phi) is 13.7. The lowest BCUT2D eigenvalue weighted by Gasteiger charge is -2.30. The van der Waals surface area contributed by atoms with Gasteiger partial charge < -0.3 is 0 Å². The number of aromatic nitrogens is 2. The summed E-state index contributed by atoms with van der Waals surface area (Å²) < 4.78 is 1.96. The van der Waals surface area contributed by atoms with Gasteiger partial charge in [0.05, 0.1) is 15.9 Å². The van der Waals surface area contributed by atoms with Crippen LogP contribution in [-0.4, -0.2) is 206 Å². The van der Waals surface area contributed by atoms with Crippen molar-refractivity contribution in [3.63, 3.8) is 0 Å². The van der Waals surface area contributed by atoms with Gasteiger partial charge in [-0.1, -0.05) is 82.5 Å². The molecule has 0 unspecified atom stereocenters. The lowest BCUT2D eigenvalue weighted by atomic mass is 9.56. The molecule has 0 atom stereocenters. The summed E-state index contributed by atoms with van der Waals surface area (Å²) in [4.78, 5) is 9.92. The van der Waals surface area contributed by atoms with Gasteiger partial charge in [0.25, 0.3) is 0 Å². The first-order valence-corrected chi connectivity index (χ1v) is 23.5. The standard InChI is InChI=1S/C46H3B25N2S2/c47-16-7(4-1-2-6-5(3-4)41-45(74-6)42(14-25(56)33(64)37(68)34(65)26(14)57)73-46(72-41)15-27(58)35(66)38(69)36(67)28(15)59)18(49)29(60)19(50)8(16)9-17(48)10(21(52)30(61)20(9)51)11-22(53)31(62)23(54)12-13-24(55)32(63)39(70)40(71)44(13)75-43(11)12/h1-3H. The first kappa shape index (κ1) is 54.1. The predicted molar refractivity (Wildman–Crippen MR) is 350 cm³/mol. The van der Waals surface area contributed by atoms with Crippen LogP contribution in [0.1, 0.15) is 0 Å². The molecule has 29 heteroatoms. The fraction of sp³-hybridized carbons (Fsp3) is 0. The first-order chi connectivity index (χ1) is 35.2. The Bertz CT molecular complexity index is 4260. The van der Waals surface area contributed by atoms with Gasteiger partial charge in [0.1, 0.15) is 196 Å². The highest BCUT2D eigenvalue weighted by Gasteiger charge is 2.28. The van der Waals surface area contributed by atoms with Crippen LogP contribution in [-0.2, 0) is 0 Å². The molecule has 10 rings (SSSR count). The fourth-order valence-corrected chi connectivity index (χ4v) is 12.2. The van der Waals surface area contributed by atoms with Gasteiger partial charge in [-0.2, -0.15) is 0 Å². The van der Waals surface area contributed by atoms with E-state index in [1.54, 1.807) is 18.2 Å². The van der Waals surface area contributed by atoms with E-state index in [2.05, 4.69) is 0 Å². The van der Waals surface area contributed by atoms with E-state index in [0.717, 1.165) is 11.3 Å². The summed E-state index contributed by atoms with van der Waals surface area (Å²) in [6, 6.07) is 5.30. The number of hydrogen-bond donors (Lipinski definition) is 0. The van der Waals surface area contributed by atoms with Crippen LogP contribution < -0.4 is 137 Å². The summed E-state index contributed by atoms with van der Waals surface area (Å²) in [6.45, 7) is 0. The van der Waals surface area contributed by atoms with Crippen molar-refractivity contribution in [3.05, 3.63) is 18.2 Å². The van der Waals surface area contributed by atoms with Crippen LogP contribution in [0.3, 0.4) is 0 Å². The zero-order valence-corrected chi connectivity index (χ0v) is 41.0. The molecule has 0 aliphatic rings. The van der Waals surface area contributed by atoms with Crippen molar-refractivity contribution in [2.75, 3.05) is 0 Å². The van der Waals surface area contributed by atoms with Crippen LogP contribution in [0.2, 0.25) is 0 Å². The molecule has 0 spiro atoms. The first-order valence-electron chi connectivity index (χ1n) is 21.9. The molecular formula is C46H3B25N2S2. The topological polar surface area (TPSA) is 25.8 Å². The molecular weight excluding hydrogens is 915 g/mol. The second-order valence-corrected chi connectivity index (χ2v) is 19.9. The van der Waals surface area contributed by atoms with Crippen molar-refractivity contribution in [3.8, 4) is 56.0 Å². The quantitative estimate of drug-likeness (QED) is 0.161. The van der Waals surface area contributed by atoms with Gasteiger partial charge in [-0.3, -0.25) is 0 Å². The molecule has 0 bridgehead atoms. The Hall–Kier alpha value is -4.32. The number of benzene rings is 7. The lowest BCUT2D eigenvalue weighted by Crippen LogP contribution is -2.55. The van der Waals surface area contributed by atoms with Gasteiger partial charge in [-0.25, -0.2) is 9.97 Å². The third-order valence-electron chi connectivity index (χ3n) is 13.9. The van der Waals surface area contributed by atoms with Crippen LogP contribution in [0, 0.1) is 0 Å². The maximum absolute atomic E-state index is 7.23. The minimum atomic E-state index is -0.129. The Morgan fingerprint density at radius 1 is 0.267 bits per heavy atom. The minimum absolute atomic E-state index is 0.0116. The van der Waals surface area contributed by atoms with E-state index in [9.17, 15) is 0 Å². The molecule has 0 aliphatic carbocycles. The highest BCUT2D eigenvalue weighted by Crippen LogP contribution is 2.40. The zero-order chi connectivity index (χ0) is 54.8. The molecule has 0 saturated carbocycles. The maximum Gasteiger partial charge on any atom is 0.159 e. The van der Waals surface area contributed by atoms with E-state index in [1.165, 1.54) is 11.3 Å². The molecule has 75 heavy (non-hydrogen) atoms. The molecule has 7 aromatic carbocycles. The maximum atomic E-state index is 7.23. The Morgan fingerprint density at radius 3 is 1.15 bits per heavy atom. The smallest absolute Gasteiger partial charge is 0.159 e. The normalized spacial score (nSPS) is 11.7. The average Bonchev–Trinajstić information content (AvgIpc) is 3.97. The monoisotopic (exact) mass is 922 g/mol. The Morgan fingerprint density at radius 2 is 0.627 bits per heavy atom. The molecule has 3 heterocycles. The third kappa shape index (κ3) is 7.62. The Balaban J connectivity index is 1.27. The average molecular weight is 918 g/mol. The van der Waals surface area contributed by atoms with E-state index in [1.807, 2.05) is 0 Å². The van der Waals surface area contributed by atoms with Gasteiger partial charge >= 0.3 is 0 Å². The second-order valence-electron chi connectivity index (χ2n) is 17.9. The van der Waals surface area contributed by atoms with Gasteiger partial charge in [0.15, 0.2) is 5.82 Å². The van der Waals surface area contributed by atoms with Gasteiger partial charge in [0, 0.05) is 25.0 Å². The van der Waals surface area contributed by atoms with Crippen molar-refractivity contribution in [2.45, 2.75) is 0 Å². The van der Waals surface area contributed by atoms with Crippen molar-refractivity contribution in [2.24, 2.45) is 0 Å². The number of thiophene rings is 2. The third-order valence-corrected chi connectivity index (χ3v) is 16.3. The number of hydrogen-bond acceptors (Lipinski definition) is 4. The highest BCUT2D eigenvalue weighted by molar-refractivity contribution is 7.28.